The van der Waals surface area contributed by atoms with Crippen LogP contribution in [0.25, 0.3) is 10.7 Å². The Hall–Kier alpha value is -1.20. The Morgan fingerprint density at radius 1 is 1.57 bits per heavy atom. The van der Waals surface area contributed by atoms with Crippen molar-refractivity contribution in [3.05, 3.63) is 23.2 Å². The fourth-order valence-corrected chi connectivity index (χ4v) is 1.90. The fourth-order valence-electron chi connectivity index (χ4n) is 1.08. The van der Waals surface area contributed by atoms with E-state index >= 15 is 0 Å². The summed E-state index contributed by atoms with van der Waals surface area (Å²) in [4.78, 5) is 9.49. The van der Waals surface area contributed by atoms with Gasteiger partial charge in [-0.2, -0.15) is 0 Å². The van der Waals surface area contributed by atoms with Gasteiger partial charge in [0.05, 0.1) is 0 Å². The van der Waals surface area contributed by atoms with Crippen molar-refractivity contribution in [2.24, 2.45) is 5.73 Å². The third-order valence-corrected chi connectivity index (χ3v) is 3.03. The minimum Gasteiger partial charge on any atom is -0.449 e. The highest BCUT2D eigenvalue weighted by Crippen LogP contribution is 2.26. The standard InChI is InChI=1S/C9H11N3OS/c1-5(10)8-3-11-9(14-8)7-4-13-6(2)12-7/h3-5H,10H2,1-2H3. The number of oxazole rings is 1. The minimum atomic E-state index is 0.0225. The van der Waals surface area contributed by atoms with Crippen LogP contribution in [-0.2, 0) is 0 Å². The summed E-state index contributed by atoms with van der Waals surface area (Å²) in [6, 6.07) is 0.0225. The van der Waals surface area contributed by atoms with Gasteiger partial charge >= 0.3 is 0 Å². The van der Waals surface area contributed by atoms with Crippen molar-refractivity contribution in [1.82, 2.24) is 9.97 Å². The highest BCUT2D eigenvalue weighted by atomic mass is 32.1. The third-order valence-electron chi connectivity index (χ3n) is 1.81. The summed E-state index contributed by atoms with van der Waals surface area (Å²) in [6.45, 7) is 3.74. The molecule has 0 radical (unpaired) electrons. The van der Waals surface area contributed by atoms with Crippen LogP contribution in [0.15, 0.2) is 16.9 Å². The topological polar surface area (TPSA) is 64.9 Å². The molecule has 74 valence electrons. The van der Waals surface area contributed by atoms with Crippen LogP contribution in [0.1, 0.15) is 23.7 Å². The Balaban J connectivity index is 2.33. The Morgan fingerprint density at radius 3 is 2.86 bits per heavy atom. The summed E-state index contributed by atoms with van der Waals surface area (Å²) in [5, 5.41) is 0.856. The zero-order chi connectivity index (χ0) is 10.1. The smallest absolute Gasteiger partial charge is 0.191 e. The lowest BCUT2D eigenvalue weighted by molar-refractivity contribution is 0.521. The molecular formula is C9H11N3OS. The molecule has 0 aliphatic rings. The molecule has 5 heteroatoms. The van der Waals surface area contributed by atoms with Gasteiger partial charge in [0, 0.05) is 24.0 Å². The van der Waals surface area contributed by atoms with Gasteiger partial charge in [-0.1, -0.05) is 0 Å². The number of hydrogen-bond acceptors (Lipinski definition) is 5. The van der Waals surface area contributed by atoms with Crippen LogP contribution in [0, 0.1) is 6.92 Å². The molecule has 1 atom stereocenters. The van der Waals surface area contributed by atoms with Crippen LogP contribution in [0.4, 0.5) is 0 Å². The highest BCUT2D eigenvalue weighted by Gasteiger charge is 2.10. The summed E-state index contributed by atoms with van der Waals surface area (Å²) >= 11 is 1.55. The molecule has 2 rings (SSSR count). The molecule has 0 fully saturated rings. The predicted molar refractivity (Wildman–Crippen MR) is 55.0 cm³/mol. The van der Waals surface area contributed by atoms with Gasteiger partial charge in [0.25, 0.3) is 0 Å². The molecule has 0 saturated carbocycles. The maximum Gasteiger partial charge on any atom is 0.191 e. The first kappa shape index (κ1) is 9.36. The largest absolute Gasteiger partial charge is 0.449 e. The van der Waals surface area contributed by atoms with E-state index in [9.17, 15) is 0 Å². The lowest BCUT2D eigenvalue weighted by Gasteiger charge is -1.96. The van der Waals surface area contributed by atoms with E-state index in [-0.39, 0.29) is 6.04 Å². The number of rotatable bonds is 2. The van der Waals surface area contributed by atoms with Gasteiger partial charge in [-0.05, 0) is 6.92 Å². The van der Waals surface area contributed by atoms with Gasteiger partial charge in [-0.25, -0.2) is 9.97 Å². The Morgan fingerprint density at radius 2 is 2.36 bits per heavy atom. The monoisotopic (exact) mass is 209 g/mol. The summed E-state index contributed by atoms with van der Waals surface area (Å²) < 4.78 is 5.11. The summed E-state index contributed by atoms with van der Waals surface area (Å²) in [5.41, 5.74) is 6.51. The molecule has 0 amide bonds. The lowest BCUT2D eigenvalue weighted by atomic mass is 10.3. The molecule has 4 nitrogen and oxygen atoms in total. The van der Waals surface area contributed by atoms with Crippen molar-refractivity contribution in [3.63, 3.8) is 0 Å². The van der Waals surface area contributed by atoms with E-state index < -0.39 is 0 Å². The molecule has 2 heterocycles. The van der Waals surface area contributed by atoms with Crippen LogP contribution in [0.5, 0.6) is 0 Å². The zero-order valence-corrected chi connectivity index (χ0v) is 8.84. The molecule has 14 heavy (non-hydrogen) atoms. The van der Waals surface area contributed by atoms with Gasteiger partial charge in [-0.3, -0.25) is 0 Å². The molecule has 0 aliphatic carbocycles. The first-order chi connectivity index (χ1) is 6.66. The maximum absolute atomic E-state index is 5.74. The van der Waals surface area contributed by atoms with Gasteiger partial charge in [0.1, 0.15) is 17.0 Å². The molecule has 0 saturated heterocycles. The fraction of sp³-hybridized carbons (Fsp3) is 0.333. The molecule has 0 aromatic carbocycles. The first-order valence-corrected chi connectivity index (χ1v) is 5.12. The van der Waals surface area contributed by atoms with Crippen molar-refractivity contribution in [2.45, 2.75) is 19.9 Å². The quantitative estimate of drug-likeness (QED) is 0.822. The molecular weight excluding hydrogens is 198 g/mol. The molecule has 2 aromatic rings. The minimum absolute atomic E-state index is 0.0225. The first-order valence-electron chi connectivity index (χ1n) is 4.30. The van der Waals surface area contributed by atoms with Gasteiger partial charge in [-0.15, -0.1) is 11.3 Å². The number of aromatic nitrogens is 2. The van der Waals surface area contributed by atoms with E-state index in [0.717, 1.165) is 15.6 Å². The van der Waals surface area contributed by atoms with E-state index in [1.54, 1.807) is 23.8 Å². The summed E-state index contributed by atoms with van der Waals surface area (Å²) in [7, 11) is 0. The van der Waals surface area contributed by atoms with Crippen LogP contribution < -0.4 is 5.73 Å². The number of nitrogens with zero attached hydrogens (tertiary/aromatic N) is 2. The molecule has 2 N–H and O–H groups in total. The van der Waals surface area contributed by atoms with Crippen molar-refractivity contribution < 1.29 is 4.42 Å². The van der Waals surface area contributed by atoms with Gasteiger partial charge < -0.3 is 10.2 Å². The van der Waals surface area contributed by atoms with Crippen molar-refractivity contribution in [2.75, 3.05) is 0 Å². The van der Waals surface area contributed by atoms with E-state index in [1.807, 2.05) is 13.8 Å². The normalized spacial score (nSPS) is 13.1. The SMILES string of the molecule is Cc1nc(-c2ncc(C(C)N)s2)co1. The average molecular weight is 209 g/mol. The average Bonchev–Trinajstić information content (AvgIpc) is 2.70. The van der Waals surface area contributed by atoms with Crippen LogP contribution >= 0.6 is 11.3 Å². The van der Waals surface area contributed by atoms with Gasteiger partial charge in [0.2, 0.25) is 0 Å². The molecule has 0 bridgehead atoms. The molecule has 0 aliphatic heterocycles. The van der Waals surface area contributed by atoms with Crippen LogP contribution in [0.3, 0.4) is 0 Å². The van der Waals surface area contributed by atoms with Crippen LogP contribution in [-0.4, -0.2) is 9.97 Å². The second-order valence-electron chi connectivity index (χ2n) is 3.11. The summed E-state index contributed by atoms with van der Waals surface area (Å²) in [6.07, 6.45) is 3.40. The van der Waals surface area contributed by atoms with Crippen LogP contribution in [0.2, 0.25) is 0 Å². The summed E-state index contributed by atoms with van der Waals surface area (Å²) in [5.74, 6) is 0.651. The maximum atomic E-state index is 5.74. The second kappa shape index (κ2) is 3.51. The number of aryl methyl sites for hydroxylation is 1. The lowest BCUT2D eigenvalue weighted by Crippen LogP contribution is -2.01. The molecule has 1 unspecified atom stereocenters. The van der Waals surface area contributed by atoms with Crippen molar-refractivity contribution in [3.8, 4) is 10.7 Å². The van der Waals surface area contributed by atoms with E-state index in [1.165, 1.54) is 0 Å². The Labute approximate surface area is 85.8 Å². The van der Waals surface area contributed by atoms with Gasteiger partial charge in [0.15, 0.2) is 5.89 Å². The number of nitrogens with two attached hydrogens (primary N) is 1. The van der Waals surface area contributed by atoms with E-state index in [0.29, 0.717) is 5.89 Å². The highest BCUT2D eigenvalue weighted by molar-refractivity contribution is 7.15. The zero-order valence-electron chi connectivity index (χ0n) is 8.02. The van der Waals surface area contributed by atoms with Crippen molar-refractivity contribution >= 4 is 11.3 Å². The molecule has 2 aromatic heterocycles. The van der Waals surface area contributed by atoms with E-state index in [2.05, 4.69) is 9.97 Å². The molecule has 0 spiro atoms. The predicted octanol–water partition coefficient (Wildman–Crippen LogP) is 2.13. The number of thiazole rings is 1. The second-order valence-corrected chi connectivity index (χ2v) is 4.17. The number of hydrogen-bond donors (Lipinski definition) is 1. The Kier molecular flexibility index (Phi) is 2.35. The Bertz CT molecular complexity index is 433. The van der Waals surface area contributed by atoms with Crippen molar-refractivity contribution in [1.29, 1.82) is 0 Å². The third kappa shape index (κ3) is 1.69. The van der Waals surface area contributed by atoms with E-state index in [4.69, 9.17) is 10.2 Å².